The lowest BCUT2D eigenvalue weighted by Crippen LogP contribution is -2.33. The average Bonchev–Trinajstić information content (AvgIpc) is 2.66. The van der Waals surface area contributed by atoms with Crippen LogP contribution in [0.25, 0.3) is 11.0 Å². The Kier molecular flexibility index (Phi) is 6.35. The molecule has 0 bridgehead atoms. The van der Waals surface area contributed by atoms with Crippen LogP contribution in [-0.2, 0) is 20.4 Å². The van der Waals surface area contributed by atoms with Gasteiger partial charge in [0.2, 0.25) is 10.0 Å². The van der Waals surface area contributed by atoms with Crippen molar-refractivity contribution in [3.63, 3.8) is 0 Å². The molecule has 30 heavy (non-hydrogen) atoms. The summed E-state index contributed by atoms with van der Waals surface area (Å²) in [4.78, 5) is 11.8. The molecule has 3 rings (SSSR count). The number of halogens is 3. The largest absolute Gasteiger partial charge is 0.423 e. The van der Waals surface area contributed by atoms with Crippen LogP contribution >= 0.6 is 22.6 Å². The van der Waals surface area contributed by atoms with Crippen LogP contribution in [-0.4, -0.2) is 25.8 Å². The van der Waals surface area contributed by atoms with E-state index in [0.29, 0.717) is 6.42 Å². The molecule has 0 aliphatic rings. The van der Waals surface area contributed by atoms with Gasteiger partial charge in [-0.25, -0.2) is 13.2 Å². The molecule has 0 fully saturated rings. The third kappa shape index (κ3) is 4.73. The molecule has 0 aliphatic carbocycles. The SMILES string of the molecule is CC(C)N(C)S(=O)(=O)c1ccc(Cc2ccc3oc(=O)cc(C(F)(F)I)c3c2)cc1. The van der Waals surface area contributed by atoms with Gasteiger partial charge in [-0.05, 0) is 55.7 Å². The van der Waals surface area contributed by atoms with E-state index in [0.717, 1.165) is 39.8 Å². The lowest BCUT2D eigenvalue weighted by molar-refractivity contribution is 0.128. The Morgan fingerprint density at radius 3 is 2.23 bits per heavy atom. The van der Waals surface area contributed by atoms with Gasteiger partial charge < -0.3 is 4.42 Å². The average molecular weight is 547 g/mol. The molecule has 1 aromatic heterocycles. The number of nitrogens with zero attached hydrogens (tertiary/aromatic N) is 1. The van der Waals surface area contributed by atoms with Gasteiger partial charge in [-0.1, -0.05) is 18.2 Å². The summed E-state index contributed by atoms with van der Waals surface area (Å²) >= 11 is 0.988. The van der Waals surface area contributed by atoms with Crippen molar-refractivity contribution in [3.8, 4) is 0 Å². The monoisotopic (exact) mass is 547 g/mol. The molecule has 0 unspecified atom stereocenters. The lowest BCUT2D eigenvalue weighted by Gasteiger charge is -2.21. The maximum absolute atomic E-state index is 13.9. The molecule has 3 aromatic rings. The first kappa shape index (κ1) is 22.8. The summed E-state index contributed by atoms with van der Waals surface area (Å²) in [6.07, 6.45) is 0.404. The molecule has 0 spiro atoms. The second kappa shape index (κ2) is 8.35. The topological polar surface area (TPSA) is 67.6 Å². The van der Waals surface area contributed by atoms with E-state index in [4.69, 9.17) is 4.42 Å². The second-order valence-corrected chi connectivity index (χ2v) is 10.6. The highest BCUT2D eigenvalue weighted by molar-refractivity contribution is 14.1. The molecule has 0 amide bonds. The maximum Gasteiger partial charge on any atom is 0.336 e. The minimum Gasteiger partial charge on any atom is -0.423 e. The van der Waals surface area contributed by atoms with Gasteiger partial charge in [0.15, 0.2) is 0 Å². The smallest absolute Gasteiger partial charge is 0.336 e. The Bertz CT molecular complexity index is 1230. The molecule has 0 radical (unpaired) electrons. The summed E-state index contributed by atoms with van der Waals surface area (Å²) in [5.74, 6) is 0. The zero-order valence-corrected chi connectivity index (χ0v) is 19.5. The van der Waals surface area contributed by atoms with E-state index in [1.165, 1.54) is 29.6 Å². The number of alkyl halides is 3. The quantitative estimate of drug-likeness (QED) is 0.250. The highest BCUT2D eigenvalue weighted by Gasteiger charge is 2.30. The minimum absolute atomic E-state index is 0.0933. The number of hydrogen-bond donors (Lipinski definition) is 0. The van der Waals surface area contributed by atoms with Gasteiger partial charge in [0.05, 0.1) is 4.90 Å². The van der Waals surface area contributed by atoms with E-state index in [2.05, 4.69) is 0 Å². The molecule has 0 saturated heterocycles. The van der Waals surface area contributed by atoms with Crippen molar-refractivity contribution in [1.29, 1.82) is 0 Å². The third-order valence-electron chi connectivity index (χ3n) is 4.85. The highest BCUT2D eigenvalue weighted by atomic mass is 127. The Balaban J connectivity index is 1.94. The van der Waals surface area contributed by atoms with E-state index >= 15 is 0 Å². The van der Waals surface area contributed by atoms with Crippen LogP contribution in [0.2, 0.25) is 0 Å². The van der Waals surface area contributed by atoms with Gasteiger partial charge >= 0.3 is 9.55 Å². The fourth-order valence-corrected chi connectivity index (χ4v) is 4.83. The summed E-state index contributed by atoms with van der Waals surface area (Å²) in [5.41, 5.74) is 0.420. The van der Waals surface area contributed by atoms with Crippen LogP contribution in [0.4, 0.5) is 8.78 Å². The molecular weight excluding hydrogens is 527 g/mol. The van der Waals surface area contributed by atoms with Gasteiger partial charge in [-0.15, -0.1) is 0 Å². The van der Waals surface area contributed by atoms with Crippen molar-refractivity contribution in [2.45, 2.75) is 35.1 Å². The Morgan fingerprint density at radius 1 is 1.07 bits per heavy atom. The first-order chi connectivity index (χ1) is 13.9. The molecule has 2 aromatic carbocycles. The standard InChI is InChI=1S/C21H20F2INO4S/c1-13(2)25(3)30(27,28)16-7-4-14(5-8-16)10-15-6-9-19-17(11-15)18(21(22,23)24)12-20(26)29-19/h4-9,11-13H,10H2,1-3H3. The first-order valence-electron chi connectivity index (χ1n) is 9.10. The van der Waals surface area contributed by atoms with Crippen molar-refractivity contribution in [1.82, 2.24) is 4.31 Å². The molecule has 0 N–H and O–H groups in total. The number of sulfonamides is 1. The minimum atomic E-state index is -3.58. The lowest BCUT2D eigenvalue weighted by atomic mass is 10.0. The van der Waals surface area contributed by atoms with Gasteiger partial charge in [0.1, 0.15) is 5.58 Å². The van der Waals surface area contributed by atoms with Crippen LogP contribution < -0.4 is 5.63 Å². The molecule has 0 atom stereocenters. The number of benzene rings is 2. The summed E-state index contributed by atoms with van der Waals surface area (Å²) in [6, 6.07) is 11.9. The van der Waals surface area contributed by atoms with Crippen LogP contribution in [0, 0.1) is 0 Å². The normalized spacial score (nSPS) is 12.8. The number of rotatable bonds is 6. The maximum atomic E-state index is 13.9. The molecule has 1 heterocycles. The van der Waals surface area contributed by atoms with Gasteiger partial charge in [0, 0.05) is 52.7 Å². The van der Waals surface area contributed by atoms with Gasteiger partial charge in [-0.2, -0.15) is 13.1 Å². The van der Waals surface area contributed by atoms with E-state index < -0.39 is 25.1 Å². The molecule has 9 heteroatoms. The predicted molar refractivity (Wildman–Crippen MR) is 120 cm³/mol. The fourth-order valence-electron chi connectivity index (χ4n) is 3.01. The van der Waals surface area contributed by atoms with Crippen molar-refractivity contribution < 1.29 is 21.6 Å². The molecule has 5 nitrogen and oxygen atoms in total. The van der Waals surface area contributed by atoms with Gasteiger partial charge in [-0.3, -0.25) is 0 Å². The molecular formula is C21H20F2INO4S. The zero-order valence-electron chi connectivity index (χ0n) is 16.5. The predicted octanol–water partition coefficient (Wildman–Crippen LogP) is 4.90. The van der Waals surface area contributed by atoms with E-state index in [1.54, 1.807) is 38.1 Å². The molecule has 0 aliphatic heterocycles. The van der Waals surface area contributed by atoms with Crippen molar-refractivity contribution in [2.24, 2.45) is 0 Å². The first-order valence-corrected chi connectivity index (χ1v) is 11.6. The molecule has 160 valence electrons. The fraction of sp³-hybridized carbons (Fsp3) is 0.286. The van der Waals surface area contributed by atoms with Crippen molar-refractivity contribution in [3.05, 3.63) is 75.6 Å². The van der Waals surface area contributed by atoms with Crippen LogP contribution in [0.1, 0.15) is 30.5 Å². The Morgan fingerprint density at radius 2 is 1.67 bits per heavy atom. The van der Waals surface area contributed by atoms with Crippen molar-refractivity contribution in [2.75, 3.05) is 7.05 Å². The zero-order chi connectivity index (χ0) is 22.3. The highest BCUT2D eigenvalue weighted by Crippen LogP contribution is 2.38. The van der Waals surface area contributed by atoms with E-state index in [1.807, 2.05) is 0 Å². The molecule has 0 saturated carbocycles. The Hall–Kier alpha value is -1.85. The summed E-state index contributed by atoms with van der Waals surface area (Å²) in [5, 5.41) is 0.171. The second-order valence-electron chi connectivity index (χ2n) is 7.24. The van der Waals surface area contributed by atoms with E-state index in [9.17, 15) is 22.0 Å². The van der Waals surface area contributed by atoms with Crippen LogP contribution in [0.5, 0.6) is 0 Å². The summed E-state index contributed by atoms with van der Waals surface area (Å²) in [7, 11) is -2.05. The third-order valence-corrected chi connectivity index (χ3v) is 7.48. The van der Waals surface area contributed by atoms with Gasteiger partial charge in [0.25, 0.3) is 0 Å². The summed E-state index contributed by atoms with van der Waals surface area (Å²) in [6.45, 7) is 3.59. The number of hydrogen-bond acceptors (Lipinski definition) is 4. The van der Waals surface area contributed by atoms with Crippen molar-refractivity contribution >= 4 is 43.6 Å². The van der Waals surface area contributed by atoms with E-state index in [-0.39, 0.29) is 21.9 Å². The summed E-state index contributed by atoms with van der Waals surface area (Å²) < 4.78 is 56.1. The van der Waals surface area contributed by atoms with Crippen LogP contribution in [0.15, 0.2) is 62.6 Å². The Labute approximate surface area is 186 Å². The number of fused-ring (bicyclic) bond motifs is 1. The van der Waals surface area contributed by atoms with Crippen LogP contribution in [0.3, 0.4) is 0 Å².